The van der Waals surface area contributed by atoms with Crippen LogP contribution in [0.4, 0.5) is 0 Å². The van der Waals surface area contributed by atoms with Crippen molar-refractivity contribution in [2.75, 3.05) is 6.61 Å². The first-order valence-electron chi connectivity index (χ1n) is 18.6. The van der Waals surface area contributed by atoms with E-state index in [0.717, 1.165) is 32.1 Å². The van der Waals surface area contributed by atoms with Crippen LogP contribution < -0.4 is 5.32 Å². The van der Waals surface area contributed by atoms with E-state index < -0.39 is 12.1 Å². The minimum atomic E-state index is -0.838. The number of amides is 1. The molecule has 248 valence electrons. The molecular weight excluding hydrogens is 518 g/mol. The molecule has 0 aliphatic heterocycles. The van der Waals surface area contributed by atoms with Crippen LogP contribution in [0.15, 0.2) is 24.3 Å². The predicted octanol–water partition coefficient (Wildman–Crippen LogP) is 10.9. The highest BCUT2D eigenvalue weighted by Gasteiger charge is 2.17. The molecule has 0 heterocycles. The zero-order chi connectivity index (χ0) is 30.8. The second-order valence-corrected chi connectivity index (χ2v) is 12.6. The Bertz CT molecular complexity index is 603. The Morgan fingerprint density at radius 2 is 0.905 bits per heavy atom. The number of allylic oxidation sites excluding steroid dienone is 3. The summed E-state index contributed by atoms with van der Waals surface area (Å²) in [7, 11) is 0. The Morgan fingerprint density at radius 3 is 1.31 bits per heavy atom. The third kappa shape index (κ3) is 30.3. The van der Waals surface area contributed by atoms with Gasteiger partial charge in [-0.05, 0) is 44.9 Å². The lowest BCUT2D eigenvalue weighted by atomic mass is 10.0. The fourth-order valence-corrected chi connectivity index (χ4v) is 5.52. The van der Waals surface area contributed by atoms with Crippen LogP contribution in [0.2, 0.25) is 0 Å². The van der Waals surface area contributed by atoms with Gasteiger partial charge in [-0.15, -0.1) is 0 Å². The summed E-state index contributed by atoms with van der Waals surface area (Å²) in [4.78, 5) is 12.3. The third-order valence-electron chi connectivity index (χ3n) is 8.43. The van der Waals surface area contributed by atoms with Crippen LogP contribution in [-0.4, -0.2) is 34.9 Å². The summed E-state index contributed by atoms with van der Waals surface area (Å²) >= 11 is 0. The minimum absolute atomic E-state index is 0.0734. The van der Waals surface area contributed by atoms with Crippen LogP contribution in [-0.2, 0) is 4.79 Å². The number of hydrogen-bond acceptors (Lipinski definition) is 3. The van der Waals surface area contributed by atoms with E-state index in [1.165, 1.54) is 141 Å². The first-order chi connectivity index (χ1) is 20.7. The Balaban J connectivity index is 3.63. The Labute approximate surface area is 262 Å². The van der Waals surface area contributed by atoms with Crippen LogP contribution in [0.1, 0.15) is 194 Å². The van der Waals surface area contributed by atoms with Crippen LogP contribution >= 0.6 is 0 Å². The number of aliphatic hydroxyl groups excluding tert-OH is 2. The van der Waals surface area contributed by atoms with Gasteiger partial charge in [0, 0.05) is 6.42 Å². The molecule has 0 radical (unpaired) electrons. The van der Waals surface area contributed by atoms with Crippen molar-refractivity contribution < 1.29 is 15.0 Å². The third-order valence-corrected chi connectivity index (χ3v) is 8.43. The van der Waals surface area contributed by atoms with Gasteiger partial charge in [0.05, 0.1) is 18.8 Å². The first-order valence-corrected chi connectivity index (χ1v) is 18.6. The number of unbranched alkanes of at least 4 members (excludes halogenated alkanes) is 24. The maximum Gasteiger partial charge on any atom is 0.220 e. The number of carbonyl (C=O) groups excluding carboxylic acids is 1. The first kappa shape index (κ1) is 40.9. The van der Waals surface area contributed by atoms with Gasteiger partial charge >= 0.3 is 0 Å². The average Bonchev–Trinajstić information content (AvgIpc) is 2.99. The second-order valence-electron chi connectivity index (χ2n) is 12.6. The quantitative estimate of drug-likeness (QED) is 0.0525. The van der Waals surface area contributed by atoms with Crippen LogP contribution in [0, 0.1) is 0 Å². The molecule has 0 spiro atoms. The van der Waals surface area contributed by atoms with Gasteiger partial charge in [-0.2, -0.15) is 0 Å². The lowest BCUT2D eigenvalue weighted by Crippen LogP contribution is -2.45. The number of hydrogen-bond donors (Lipinski definition) is 3. The number of nitrogens with one attached hydrogen (secondary N) is 1. The van der Waals surface area contributed by atoms with Crippen molar-refractivity contribution in [3.8, 4) is 0 Å². The Morgan fingerprint density at radius 1 is 0.548 bits per heavy atom. The van der Waals surface area contributed by atoms with Crippen molar-refractivity contribution in [2.45, 2.75) is 206 Å². The molecule has 2 unspecified atom stereocenters. The van der Waals surface area contributed by atoms with E-state index in [1.807, 2.05) is 6.08 Å². The van der Waals surface area contributed by atoms with Crippen molar-refractivity contribution >= 4 is 5.91 Å². The molecule has 0 saturated carbocycles. The molecule has 0 aromatic carbocycles. The van der Waals surface area contributed by atoms with Crippen molar-refractivity contribution in [1.29, 1.82) is 0 Å². The maximum absolute atomic E-state index is 12.3. The van der Waals surface area contributed by atoms with E-state index in [0.29, 0.717) is 6.42 Å². The van der Waals surface area contributed by atoms with Gasteiger partial charge in [0.15, 0.2) is 0 Å². The fraction of sp³-hybridized carbons (Fsp3) is 0.868. The van der Waals surface area contributed by atoms with E-state index in [-0.39, 0.29) is 12.5 Å². The van der Waals surface area contributed by atoms with Crippen LogP contribution in [0.25, 0.3) is 0 Å². The molecule has 2 atom stereocenters. The second kappa shape index (κ2) is 34.4. The van der Waals surface area contributed by atoms with Gasteiger partial charge in [-0.3, -0.25) is 4.79 Å². The van der Waals surface area contributed by atoms with Crippen LogP contribution in [0.5, 0.6) is 0 Å². The van der Waals surface area contributed by atoms with Gasteiger partial charge in [0.2, 0.25) is 5.91 Å². The monoisotopic (exact) mass is 592 g/mol. The normalized spacial score (nSPS) is 13.3. The highest BCUT2D eigenvalue weighted by atomic mass is 16.3. The topological polar surface area (TPSA) is 69.6 Å². The number of rotatable bonds is 33. The summed E-state index contributed by atoms with van der Waals surface area (Å²) in [6.07, 6.45) is 42.6. The molecule has 0 aliphatic carbocycles. The van der Waals surface area contributed by atoms with Crippen LogP contribution in [0.3, 0.4) is 0 Å². The summed E-state index contributed by atoms with van der Waals surface area (Å²) in [5.41, 5.74) is 0. The zero-order valence-corrected chi connectivity index (χ0v) is 28.3. The van der Waals surface area contributed by atoms with E-state index in [2.05, 4.69) is 31.3 Å². The van der Waals surface area contributed by atoms with Crippen molar-refractivity contribution in [3.05, 3.63) is 24.3 Å². The van der Waals surface area contributed by atoms with Crippen molar-refractivity contribution in [1.82, 2.24) is 5.32 Å². The molecule has 0 aromatic rings. The van der Waals surface area contributed by atoms with E-state index in [4.69, 9.17) is 0 Å². The van der Waals surface area contributed by atoms with Gasteiger partial charge in [0.1, 0.15) is 0 Å². The molecule has 0 aromatic heterocycles. The highest BCUT2D eigenvalue weighted by molar-refractivity contribution is 5.76. The number of aliphatic hydroxyl groups is 2. The predicted molar refractivity (Wildman–Crippen MR) is 184 cm³/mol. The molecule has 42 heavy (non-hydrogen) atoms. The molecule has 0 aliphatic rings. The summed E-state index contributed by atoms with van der Waals surface area (Å²) in [5.74, 6) is -0.0734. The smallest absolute Gasteiger partial charge is 0.220 e. The fourth-order valence-electron chi connectivity index (χ4n) is 5.52. The molecular formula is C38H73NO3. The summed E-state index contributed by atoms with van der Waals surface area (Å²) in [5, 5.41) is 22.9. The lowest BCUT2D eigenvalue weighted by Gasteiger charge is -2.20. The zero-order valence-electron chi connectivity index (χ0n) is 28.3. The van der Waals surface area contributed by atoms with Gasteiger partial charge in [-0.25, -0.2) is 0 Å². The summed E-state index contributed by atoms with van der Waals surface area (Å²) < 4.78 is 0. The Kier molecular flexibility index (Phi) is 33.4. The van der Waals surface area contributed by atoms with Crippen molar-refractivity contribution in [3.63, 3.8) is 0 Å². The minimum Gasteiger partial charge on any atom is -0.394 e. The molecule has 3 N–H and O–H groups in total. The molecule has 4 nitrogen and oxygen atoms in total. The molecule has 0 rings (SSSR count). The van der Waals surface area contributed by atoms with E-state index >= 15 is 0 Å². The SMILES string of the molecule is CCCCCCCCC/C=C\CCCCCCCC(=O)NC(CO)C(O)/C=C/CCCCCCCCCCCCCC. The maximum atomic E-state index is 12.3. The number of carbonyl (C=O) groups is 1. The van der Waals surface area contributed by atoms with Gasteiger partial charge in [-0.1, -0.05) is 167 Å². The molecule has 0 fully saturated rings. The van der Waals surface area contributed by atoms with E-state index in [1.54, 1.807) is 6.08 Å². The molecule has 1 amide bonds. The average molecular weight is 592 g/mol. The summed E-state index contributed by atoms with van der Waals surface area (Å²) in [6, 6.07) is -0.622. The summed E-state index contributed by atoms with van der Waals surface area (Å²) in [6.45, 7) is 4.29. The molecule has 0 bridgehead atoms. The van der Waals surface area contributed by atoms with Gasteiger partial charge < -0.3 is 15.5 Å². The van der Waals surface area contributed by atoms with Gasteiger partial charge in [0.25, 0.3) is 0 Å². The molecule has 0 saturated heterocycles. The largest absolute Gasteiger partial charge is 0.394 e. The highest BCUT2D eigenvalue weighted by Crippen LogP contribution is 2.13. The van der Waals surface area contributed by atoms with E-state index in [9.17, 15) is 15.0 Å². The molecule has 4 heteroatoms. The lowest BCUT2D eigenvalue weighted by molar-refractivity contribution is -0.123. The Hall–Kier alpha value is -1.13. The standard InChI is InChI=1S/C38H73NO3/c1-3-5-7-9-11-13-15-17-19-20-22-24-26-28-30-32-34-38(42)39-36(35-40)37(41)33-31-29-27-25-23-21-18-16-14-12-10-8-6-4-2/h19-20,31,33,36-37,40-41H,3-18,21-30,32,34-35H2,1-2H3,(H,39,42)/b20-19-,33-31+. The van der Waals surface area contributed by atoms with Crippen molar-refractivity contribution in [2.24, 2.45) is 0 Å².